The van der Waals surface area contributed by atoms with Gasteiger partial charge in [0.15, 0.2) is 0 Å². The van der Waals surface area contributed by atoms with Crippen molar-refractivity contribution in [3.8, 4) is 11.1 Å². The molecule has 2 aromatic rings. The molecular weight excluding hydrogens is 216 g/mol. The van der Waals surface area contributed by atoms with Crippen LogP contribution >= 0.6 is 0 Å². The fourth-order valence-electron chi connectivity index (χ4n) is 1.70. The molecule has 0 atom stereocenters. The van der Waals surface area contributed by atoms with Gasteiger partial charge in [0, 0.05) is 12.6 Å². The van der Waals surface area contributed by atoms with Crippen LogP contribution in [0.25, 0.3) is 11.1 Å². The summed E-state index contributed by atoms with van der Waals surface area (Å²) in [5.74, 6) is 0. The zero-order valence-corrected chi connectivity index (χ0v) is 9.17. The van der Waals surface area contributed by atoms with Crippen molar-refractivity contribution in [2.45, 2.75) is 6.54 Å². The Hall–Kier alpha value is -2.20. The predicted octanol–water partition coefficient (Wildman–Crippen LogP) is 2.72. The second-order valence-electron chi connectivity index (χ2n) is 3.68. The second-order valence-corrected chi connectivity index (χ2v) is 3.68. The number of nitrogens with zero attached hydrogens (tertiary/aromatic N) is 1. The fraction of sp³-hybridized carbons (Fsp3) is 0.0769. The lowest BCUT2D eigenvalue weighted by atomic mass is 10.0. The minimum absolute atomic E-state index is 0.119. The number of hydrogen-bond acceptors (Lipinski definition) is 3. The molecule has 2 rings (SSSR count). The molecule has 0 saturated carbocycles. The Balaban J connectivity index is 2.48. The lowest BCUT2D eigenvalue weighted by Gasteiger charge is -2.04. The predicted molar refractivity (Wildman–Crippen MR) is 66.4 cm³/mol. The van der Waals surface area contributed by atoms with Gasteiger partial charge in [-0.05, 0) is 17.2 Å². The minimum Gasteiger partial charge on any atom is -0.326 e. The number of hydrogen-bond donors (Lipinski definition) is 1. The summed E-state index contributed by atoms with van der Waals surface area (Å²) in [5, 5.41) is 10.9. The maximum absolute atomic E-state index is 10.9. The molecule has 0 aliphatic carbocycles. The van der Waals surface area contributed by atoms with E-state index in [1.807, 2.05) is 24.3 Å². The van der Waals surface area contributed by atoms with E-state index in [0.29, 0.717) is 12.1 Å². The topological polar surface area (TPSA) is 69.2 Å². The average Bonchev–Trinajstić information content (AvgIpc) is 2.39. The standard InChI is InChI=1S/C13H12N2O2/c14-9-10-5-7-11(8-6-10)12-3-1-2-4-13(12)15(16)17/h1-8H,9,14H2. The third kappa shape index (κ3) is 2.32. The van der Waals surface area contributed by atoms with Gasteiger partial charge in [0.2, 0.25) is 0 Å². The first-order chi connectivity index (χ1) is 8.22. The van der Waals surface area contributed by atoms with Crippen LogP contribution in [0.2, 0.25) is 0 Å². The zero-order chi connectivity index (χ0) is 12.3. The normalized spacial score (nSPS) is 10.2. The number of nitro groups is 1. The molecule has 0 heterocycles. The van der Waals surface area contributed by atoms with Crippen molar-refractivity contribution in [3.05, 3.63) is 64.2 Å². The molecule has 2 aromatic carbocycles. The number of nitro benzene ring substituents is 1. The molecule has 0 spiro atoms. The van der Waals surface area contributed by atoms with Crippen LogP contribution in [-0.4, -0.2) is 4.92 Å². The van der Waals surface area contributed by atoms with Crippen molar-refractivity contribution >= 4 is 5.69 Å². The summed E-state index contributed by atoms with van der Waals surface area (Å²) in [7, 11) is 0. The van der Waals surface area contributed by atoms with Gasteiger partial charge in [-0.2, -0.15) is 0 Å². The molecule has 0 unspecified atom stereocenters. The molecule has 4 heteroatoms. The number of nitrogens with two attached hydrogens (primary N) is 1. The maximum atomic E-state index is 10.9. The molecule has 0 saturated heterocycles. The van der Waals surface area contributed by atoms with Gasteiger partial charge in [-0.1, -0.05) is 36.4 Å². The van der Waals surface area contributed by atoms with Crippen LogP contribution < -0.4 is 5.73 Å². The average molecular weight is 228 g/mol. The van der Waals surface area contributed by atoms with Crippen LogP contribution in [0.4, 0.5) is 5.69 Å². The van der Waals surface area contributed by atoms with Gasteiger partial charge in [0.05, 0.1) is 10.5 Å². The largest absolute Gasteiger partial charge is 0.326 e. The maximum Gasteiger partial charge on any atom is 0.277 e. The van der Waals surface area contributed by atoms with Crippen LogP contribution in [0, 0.1) is 10.1 Å². The van der Waals surface area contributed by atoms with Gasteiger partial charge in [0.25, 0.3) is 5.69 Å². The highest BCUT2D eigenvalue weighted by Crippen LogP contribution is 2.29. The SMILES string of the molecule is NCc1ccc(-c2ccccc2[N+](=O)[O-])cc1. The number of rotatable bonds is 3. The first-order valence-electron chi connectivity index (χ1n) is 5.25. The van der Waals surface area contributed by atoms with Crippen LogP contribution in [0.15, 0.2) is 48.5 Å². The molecule has 4 nitrogen and oxygen atoms in total. The Kier molecular flexibility index (Phi) is 3.16. The molecule has 0 aromatic heterocycles. The van der Waals surface area contributed by atoms with E-state index in [1.54, 1.807) is 18.2 Å². The number of para-hydroxylation sites is 1. The first-order valence-corrected chi connectivity index (χ1v) is 5.25. The van der Waals surface area contributed by atoms with Crippen molar-refractivity contribution in [3.63, 3.8) is 0 Å². The van der Waals surface area contributed by atoms with Gasteiger partial charge in [-0.25, -0.2) is 0 Å². The smallest absolute Gasteiger partial charge is 0.277 e. The van der Waals surface area contributed by atoms with Gasteiger partial charge < -0.3 is 5.73 Å². The Bertz CT molecular complexity index is 535. The van der Waals surface area contributed by atoms with Gasteiger partial charge in [-0.15, -0.1) is 0 Å². The highest BCUT2D eigenvalue weighted by Gasteiger charge is 2.13. The summed E-state index contributed by atoms with van der Waals surface area (Å²) in [5.41, 5.74) is 8.09. The van der Waals surface area contributed by atoms with Gasteiger partial charge >= 0.3 is 0 Å². The van der Waals surface area contributed by atoms with E-state index >= 15 is 0 Å². The van der Waals surface area contributed by atoms with E-state index in [4.69, 9.17) is 5.73 Å². The van der Waals surface area contributed by atoms with Crippen molar-refractivity contribution in [1.82, 2.24) is 0 Å². The Morgan fingerprint density at radius 1 is 1.06 bits per heavy atom. The summed E-state index contributed by atoms with van der Waals surface area (Å²) in [6, 6.07) is 14.2. The highest BCUT2D eigenvalue weighted by molar-refractivity contribution is 5.73. The molecule has 0 aliphatic heterocycles. The molecule has 0 fully saturated rings. The van der Waals surface area contributed by atoms with Crippen molar-refractivity contribution in [2.24, 2.45) is 5.73 Å². The summed E-state index contributed by atoms with van der Waals surface area (Å²) >= 11 is 0. The summed E-state index contributed by atoms with van der Waals surface area (Å²) in [4.78, 5) is 10.5. The van der Waals surface area contributed by atoms with E-state index in [2.05, 4.69) is 0 Å². The lowest BCUT2D eigenvalue weighted by molar-refractivity contribution is -0.384. The molecular formula is C13H12N2O2. The van der Waals surface area contributed by atoms with Crippen molar-refractivity contribution < 1.29 is 4.92 Å². The van der Waals surface area contributed by atoms with Crippen molar-refractivity contribution in [2.75, 3.05) is 0 Å². The third-order valence-electron chi connectivity index (χ3n) is 2.60. The molecule has 2 N–H and O–H groups in total. The van der Waals surface area contributed by atoms with E-state index in [-0.39, 0.29) is 10.6 Å². The van der Waals surface area contributed by atoms with Crippen LogP contribution in [0.1, 0.15) is 5.56 Å². The summed E-state index contributed by atoms with van der Waals surface area (Å²) < 4.78 is 0. The molecule has 0 amide bonds. The summed E-state index contributed by atoms with van der Waals surface area (Å²) in [6.45, 7) is 0.469. The monoisotopic (exact) mass is 228 g/mol. The van der Waals surface area contributed by atoms with E-state index in [0.717, 1.165) is 11.1 Å². The van der Waals surface area contributed by atoms with E-state index < -0.39 is 0 Å². The molecule has 0 radical (unpaired) electrons. The molecule has 86 valence electrons. The van der Waals surface area contributed by atoms with E-state index in [9.17, 15) is 10.1 Å². The lowest BCUT2D eigenvalue weighted by Crippen LogP contribution is -1.96. The minimum atomic E-state index is -0.369. The Labute approximate surface area is 98.8 Å². The van der Waals surface area contributed by atoms with Crippen molar-refractivity contribution in [1.29, 1.82) is 0 Å². The van der Waals surface area contributed by atoms with E-state index in [1.165, 1.54) is 6.07 Å². The fourth-order valence-corrected chi connectivity index (χ4v) is 1.70. The third-order valence-corrected chi connectivity index (χ3v) is 2.60. The summed E-state index contributed by atoms with van der Waals surface area (Å²) in [6.07, 6.45) is 0. The Morgan fingerprint density at radius 2 is 1.71 bits per heavy atom. The Morgan fingerprint density at radius 3 is 2.29 bits per heavy atom. The molecule has 0 bridgehead atoms. The van der Waals surface area contributed by atoms with Crippen LogP contribution in [0.3, 0.4) is 0 Å². The first kappa shape index (κ1) is 11.3. The van der Waals surface area contributed by atoms with Gasteiger partial charge in [-0.3, -0.25) is 10.1 Å². The van der Waals surface area contributed by atoms with Crippen LogP contribution in [0.5, 0.6) is 0 Å². The second kappa shape index (κ2) is 4.76. The van der Waals surface area contributed by atoms with Gasteiger partial charge in [0.1, 0.15) is 0 Å². The zero-order valence-electron chi connectivity index (χ0n) is 9.17. The quantitative estimate of drug-likeness (QED) is 0.648. The number of benzene rings is 2. The highest BCUT2D eigenvalue weighted by atomic mass is 16.6. The molecule has 17 heavy (non-hydrogen) atoms. The molecule has 0 aliphatic rings. The van der Waals surface area contributed by atoms with Crippen LogP contribution in [-0.2, 0) is 6.54 Å².